The van der Waals surface area contributed by atoms with E-state index in [0.29, 0.717) is 0 Å². The Kier molecular flexibility index (Phi) is 4.67. The number of rotatable bonds is 3. The molecular formula is C23H16Cl2N2S. The summed E-state index contributed by atoms with van der Waals surface area (Å²) in [5.74, 6) is 0. The Morgan fingerprint density at radius 2 is 1.36 bits per heavy atom. The van der Waals surface area contributed by atoms with E-state index in [2.05, 4.69) is 58.8 Å². The molecule has 0 aromatic heterocycles. The van der Waals surface area contributed by atoms with Crippen LogP contribution in [0.3, 0.4) is 0 Å². The first-order chi connectivity index (χ1) is 13.7. The van der Waals surface area contributed by atoms with Gasteiger partial charge in [-0.2, -0.15) is 0 Å². The van der Waals surface area contributed by atoms with E-state index in [1.165, 1.54) is 16.8 Å². The molecule has 0 spiro atoms. The van der Waals surface area contributed by atoms with Gasteiger partial charge in [0, 0.05) is 15.5 Å². The minimum atomic E-state index is -0.00615. The van der Waals surface area contributed by atoms with Gasteiger partial charge in [0.25, 0.3) is 0 Å². The van der Waals surface area contributed by atoms with Gasteiger partial charge in [0.1, 0.15) is 6.04 Å². The summed E-state index contributed by atoms with van der Waals surface area (Å²) in [5, 5.41) is 4.69. The minimum absolute atomic E-state index is 0.00615. The fourth-order valence-corrected chi connectivity index (χ4v) is 4.96. The fraction of sp³-hybridized carbons (Fsp3) is 0.0870. The summed E-state index contributed by atoms with van der Waals surface area (Å²) < 4.78 is 0. The largest absolute Gasteiger partial charge is 0.310 e. The lowest BCUT2D eigenvalue weighted by Crippen LogP contribution is -2.26. The molecule has 0 amide bonds. The van der Waals surface area contributed by atoms with E-state index in [1.54, 1.807) is 11.8 Å². The SMILES string of the molecule is Clc1ccc([C@@H]2[C@H](c3ccc(Cl)cc3)N=C3SC=C(c4ccccc4)N32)cc1. The van der Waals surface area contributed by atoms with Gasteiger partial charge in [-0.25, -0.2) is 0 Å². The first-order valence-electron chi connectivity index (χ1n) is 9.01. The Morgan fingerprint density at radius 3 is 2.00 bits per heavy atom. The Morgan fingerprint density at radius 1 is 0.750 bits per heavy atom. The third-order valence-corrected chi connectivity index (χ3v) is 6.42. The van der Waals surface area contributed by atoms with Crippen LogP contribution >= 0.6 is 35.0 Å². The number of thioether (sulfide) groups is 1. The average molecular weight is 423 g/mol. The zero-order valence-electron chi connectivity index (χ0n) is 14.8. The van der Waals surface area contributed by atoms with Crippen LogP contribution in [0.2, 0.25) is 10.0 Å². The molecule has 5 heteroatoms. The van der Waals surface area contributed by atoms with Gasteiger partial charge >= 0.3 is 0 Å². The second-order valence-electron chi connectivity index (χ2n) is 6.76. The maximum atomic E-state index is 6.15. The highest BCUT2D eigenvalue weighted by molar-refractivity contribution is 8.16. The van der Waals surface area contributed by atoms with E-state index in [9.17, 15) is 0 Å². The highest BCUT2D eigenvalue weighted by Crippen LogP contribution is 2.51. The standard InChI is InChI=1S/C23H16Cl2N2S/c24-18-10-6-16(7-11-18)21-22(17-8-12-19(25)13-9-17)27-20(14-28-23(27)26-21)15-4-2-1-3-5-15/h1-14,21-22H/t21-,22+/m0/s1. The van der Waals surface area contributed by atoms with Crippen LogP contribution in [0.15, 0.2) is 89.3 Å². The topological polar surface area (TPSA) is 15.6 Å². The number of hydrogen-bond donors (Lipinski definition) is 0. The Balaban J connectivity index is 1.61. The molecule has 0 N–H and O–H groups in total. The summed E-state index contributed by atoms with van der Waals surface area (Å²) in [6, 6.07) is 26.6. The summed E-state index contributed by atoms with van der Waals surface area (Å²) in [7, 11) is 0. The van der Waals surface area contributed by atoms with E-state index in [1.807, 2.05) is 30.3 Å². The summed E-state index contributed by atoms with van der Waals surface area (Å²) in [6.45, 7) is 0. The maximum absolute atomic E-state index is 6.15. The third kappa shape index (κ3) is 3.14. The minimum Gasteiger partial charge on any atom is -0.310 e. The highest BCUT2D eigenvalue weighted by Gasteiger charge is 2.42. The summed E-state index contributed by atoms with van der Waals surface area (Å²) in [4.78, 5) is 7.43. The van der Waals surface area contributed by atoms with E-state index in [0.717, 1.165) is 20.8 Å². The van der Waals surface area contributed by atoms with Gasteiger partial charge < -0.3 is 4.90 Å². The molecule has 28 heavy (non-hydrogen) atoms. The van der Waals surface area contributed by atoms with Crippen molar-refractivity contribution in [3.05, 3.63) is 111 Å². The first-order valence-corrected chi connectivity index (χ1v) is 10.6. The summed E-state index contributed by atoms with van der Waals surface area (Å²) in [5.41, 5.74) is 4.71. The lowest BCUT2D eigenvalue weighted by Gasteiger charge is -2.30. The van der Waals surface area contributed by atoms with Crippen LogP contribution in [0.1, 0.15) is 28.8 Å². The van der Waals surface area contributed by atoms with Crippen molar-refractivity contribution >= 4 is 45.8 Å². The lowest BCUT2D eigenvalue weighted by molar-refractivity contribution is 0.416. The number of amidine groups is 1. The molecule has 0 saturated carbocycles. The molecule has 0 unspecified atom stereocenters. The molecule has 0 fully saturated rings. The van der Waals surface area contributed by atoms with E-state index in [-0.39, 0.29) is 12.1 Å². The normalized spacial score (nSPS) is 20.7. The van der Waals surface area contributed by atoms with Crippen LogP contribution in [0, 0.1) is 0 Å². The Labute approximate surface area is 178 Å². The van der Waals surface area contributed by atoms with Gasteiger partial charge in [0.15, 0.2) is 5.17 Å². The predicted octanol–water partition coefficient (Wildman–Crippen LogP) is 7.19. The van der Waals surface area contributed by atoms with Crippen molar-refractivity contribution in [3.63, 3.8) is 0 Å². The van der Waals surface area contributed by atoms with Gasteiger partial charge in [-0.1, -0.05) is 89.6 Å². The predicted molar refractivity (Wildman–Crippen MR) is 120 cm³/mol. The lowest BCUT2D eigenvalue weighted by atomic mass is 9.93. The molecule has 2 atom stereocenters. The average Bonchev–Trinajstić information content (AvgIpc) is 3.29. The molecule has 0 radical (unpaired) electrons. The quantitative estimate of drug-likeness (QED) is 0.443. The molecule has 5 rings (SSSR count). The molecule has 2 heterocycles. The number of hydrogen-bond acceptors (Lipinski definition) is 3. The highest BCUT2D eigenvalue weighted by atomic mass is 35.5. The fourth-order valence-electron chi connectivity index (χ4n) is 3.74. The van der Waals surface area contributed by atoms with Crippen LogP contribution in [-0.2, 0) is 0 Å². The van der Waals surface area contributed by atoms with Crippen molar-refractivity contribution in [2.75, 3.05) is 0 Å². The number of nitrogens with zero attached hydrogens (tertiary/aromatic N) is 2. The van der Waals surface area contributed by atoms with Crippen LogP contribution in [-0.4, -0.2) is 10.1 Å². The second-order valence-corrected chi connectivity index (χ2v) is 8.47. The van der Waals surface area contributed by atoms with Gasteiger partial charge in [-0.15, -0.1) is 0 Å². The number of halogens is 2. The van der Waals surface area contributed by atoms with Crippen molar-refractivity contribution in [1.82, 2.24) is 4.90 Å². The second kappa shape index (κ2) is 7.32. The maximum Gasteiger partial charge on any atom is 0.169 e. The smallest absolute Gasteiger partial charge is 0.169 e. The summed E-state index contributed by atoms with van der Waals surface area (Å²) >= 11 is 13.9. The summed E-state index contributed by atoms with van der Waals surface area (Å²) in [6.07, 6.45) is 0. The third-order valence-electron chi connectivity index (χ3n) is 5.06. The number of benzene rings is 3. The molecule has 0 aliphatic carbocycles. The number of aliphatic imine (C=N–C) groups is 1. The Bertz CT molecular complexity index is 1060. The zero-order valence-corrected chi connectivity index (χ0v) is 17.1. The first kappa shape index (κ1) is 17.9. The molecule has 2 aliphatic heterocycles. The van der Waals surface area contributed by atoms with Crippen LogP contribution < -0.4 is 0 Å². The molecule has 3 aromatic carbocycles. The molecule has 0 bridgehead atoms. The van der Waals surface area contributed by atoms with E-state index < -0.39 is 0 Å². The molecular weight excluding hydrogens is 407 g/mol. The van der Waals surface area contributed by atoms with Crippen LogP contribution in [0.4, 0.5) is 0 Å². The van der Waals surface area contributed by atoms with Gasteiger partial charge in [-0.05, 0) is 41.0 Å². The van der Waals surface area contributed by atoms with Crippen LogP contribution in [0.25, 0.3) is 5.70 Å². The molecule has 2 aliphatic rings. The van der Waals surface area contributed by atoms with Crippen molar-refractivity contribution in [2.45, 2.75) is 12.1 Å². The van der Waals surface area contributed by atoms with E-state index in [4.69, 9.17) is 28.2 Å². The molecule has 2 nitrogen and oxygen atoms in total. The van der Waals surface area contributed by atoms with Crippen molar-refractivity contribution in [3.8, 4) is 0 Å². The number of fused-ring (bicyclic) bond motifs is 1. The van der Waals surface area contributed by atoms with E-state index >= 15 is 0 Å². The molecule has 3 aromatic rings. The molecule has 0 saturated heterocycles. The van der Waals surface area contributed by atoms with Gasteiger partial charge in [0.05, 0.1) is 11.7 Å². The van der Waals surface area contributed by atoms with Crippen molar-refractivity contribution in [1.29, 1.82) is 0 Å². The van der Waals surface area contributed by atoms with Crippen molar-refractivity contribution < 1.29 is 0 Å². The van der Waals surface area contributed by atoms with Crippen LogP contribution in [0.5, 0.6) is 0 Å². The zero-order chi connectivity index (χ0) is 19.1. The van der Waals surface area contributed by atoms with Gasteiger partial charge in [0.2, 0.25) is 0 Å². The molecule has 138 valence electrons. The van der Waals surface area contributed by atoms with Crippen molar-refractivity contribution in [2.24, 2.45) is 4.99 Å². The monoisotopic (exact) mass is 422 g/mol. The Hall–Kier alpha value is -2.20. The van der Waals surface area contributed by atoms with Gasteiger partial charge in [-0.3, -0.25) is 4.99 Å².